The first kappa shape index (κ1) is 52.1. The molecule has 0 aromatic heterocycles. The van der Waals surface area contributed by atoms with Gasteiger partial charge in [-0.05, 0) is 73.7 Å². The van der Waals surface area contributed by atoms with Gasteiger partial charge in [-0.25, -0.2) is 29.8 Å². The number of ether oxygens (including phenoxy) is 4. The van der Waals surface area contributed by atoms with Crippen LogP contribution in [-0.2, 0) is 59.9 Å². The van der Waals surface area contributed by atoms with Crippen molar-refractivity contribution in [1.29, 1.82) is 0 Å². The lowest BCUT2D eigenvalue weighted by Gasteiger charge is -2.30. The van der Waals surface area contributed by atoms with Gasteiger partial charge in [-0.3, -0.25) is 0 Å². The average Bonchev–Trinajstić information content (AvgIpc) is 3.42. The molecule has 0 saturated heterocycles. The van der Waals surface area contributed by atoms with E-state index in [2.05, 4.69) is 0 Å². The fraction of sp³-hybridized carbons (Fsp3) is 0.568. The number of rotatable bonds is 26. The number of allylic oxidation sites excluding steroid dienone is 3. The lowest BCUT2D eigenvalue weighted by atomic mass is 9.77. The van der Waals surface area contributed by atoms with Gasteiger partial charge in [0.05, 0.1) is 66.5 Å². The predicted molar refractivity (Wildman–Crippen MR) is 239 cm³/mol. The van der Waals surface area contributed by atoms with E-state index in [0.29, 0.717) is 95.0 Å². The van der Waals surface area contributed by atoms with Crippen molar-refractivity contribution in [2.75, 3.05) is 102 Å². The number of nitrogens with zero attached hydrogens (tertiary/aromatic N) is 2. The number of fused-ring (bicyclic) bond motifs is 2. The van der Waals surface area contributed by atoms with Gasteiger partial charge in [0.1, 0.15) is 44.6 Å². The minimum absolute atomic E-state index is 0.0664. The number of benzene rings is 2. The molecule has 2 heterocycles. The van der Waals surface area contributed by atoms with Crippen molar-refractivity contribution in [2.24, 2.45) is 0 Å². The molecule has 1 atom stereocenters. The minimum Gasteiger partial charge on any atom is -0.748 e. The van der Waals surface area contributed by atoms with Crippen LogP contribution in [0.2, 0.25) is 0 Å². The molecule has 0 radical (unpaired) electrons. The first-order chi connectivity index (χ1) is 29.6. The van der Waals surface area contributed by atoms with Crippen LogP contribution in [0.25, 0.3) is 17.4 Å². The Morgan fingerprint density at radius 2 is 1.51 bits per heavy atom. The van der Waals surface area contributed by atoms with Gasteiger partial charge in [-0.15, -0.1) is 0 Å². The Morgan fingerprint density at radius 3 is 2.11 bits per heavy atom. The van der Waals surface area contributed by atoms with Crippen molar-refractivity contribution in [3.8, 4) is 11.3 Å². The molecule has 0 fully saturated rings. The van der Waals surface area contributed by atoms with Crippen LogP contribution in [0.1, 0.15) is 70.3 Å². The third kappa shape index (κ3) is 15.9. The molecular formula is C44H63N2O14S3-. The molecule has 19 heteroatoms. The summed E-state index contributed by atoms with van der Waals surface area (Å²) in [5, 5.41) is 10.6. The Bertz CT molecular complexity index is 2420. The monoisotopic (exact) mass is 939 g/mol. The van der Waals surface area contributed by atoms with Crippen LogP contribution in [-0.4, -0.2) is 137 Å². The van der Waals surface area contributed by atoms with Gasteiger partial charge in [0.25, 0.3) is 0 Å². The van der Waals surface area contributed by atoms with Crippen molar-refractivity contribution in [2.45, 2.75) is 69.1 Å². The molecule has 352 valence electrons. The Balaban J connectivity index is 1.74. The van der Waals surface area contributed by atoms with Crippen molar-refractivity contribution in [3.05, 3.63) is 82.6 Å². The first-order valence-electron chi connectivity index (χ1n) is 20.9. The summed E-state index contributed by atoms with van der Waals surface area (Å²) in [5.74, 6) is 0.666. The quantitative estimate of drug-likeness (QED) is 0.0685. The van der Waals surface area contributed by atoms with E-state index in [0.717, 1.165) is 22.2 Å². The second-order valence-corrected chi connectivity index (χ2v) is 21.9. The van der Waals surface area contributed by atoms with Crippen molar-refractivity contribution < 1.29 is 62.8 Å². The van der Waals surface area contributed by atoms with Crippen LogP contribution in [0, 0.1) is 0 Å². The largest absolute Gasteiger partial charge is 0.748 e. The van der Waals surface area contributed by atoms with E-state index in [1.165, 1.54) is 18.4 Å². The lowest BCUT2D eigenvalue weighted by Crippen LogP contribution is -2.35. The summed E-state index contributed by atoms with van der Waals surface area (Å²) in [4.78, 5) is 1.58. The summed E-state index contributed by atoms with van der Waals surface area (Å²) >= 11 is 0. The Morgan fingerprint density at radius 1 is 0.841 bits per heavy atom. The molecule has 1 N–H and O–H groups in total. The maximum Gasteiger partial charge on any atom is 0.203 e. The molecule has 4 rings (SSSR count). The van der Waals surface area contributed by atoms with Gasteiger partial charge in [0.2, 0.25) is 5.36 Å². The molecule has 1 aliphatic carbocycles. The van der Waals surface area contributed by atoms with Crippen molar-refractivity contribution in [3.63, 3.8) is 0 Å². The number of aliphatic hydroxyl groups excluding tert-OH is 1. The van der Waals surface area contributed by atoms with Crippen LogP contribution in [0.3, 0.4) is 0 Å². The smallest absolute Gasteiger partial charge is 0.203 e. The molecule has 16 nitrogen and oxygen atoms in total. The molecule has 2 aliphatic heterocycles. The summed E-state index contributed by atoms with van der Waals surface area (Å²) in [6.07, 6.45) is 8.05. The highest BCUT2D eigenvalue weighted by atomic mass is 32.2. The zero-order valence-corrected chi connectivity index (χ0v) is 39.6. The van der Waals surface area contributed by atoms with E-state index in [1.54, 1.807) is 13.2 Å². The summed E-state index contributed by atoms with van der Waals surface area (Å²) < 4.78 is 125. The molecule has 0 amide bonds. The third-order valence-electron chi connectivity index (χ3n) is 10.7. The molecule has 1 aromatic carbocycles. The standard InChI is InChI=1S/C44H64N2O14S3/c1-43(2,3)42-31-34(11-7-12-41-44(4,17-8-21-47)38-33-36(63(53,54)55)14-16-39(38)46(41)19-10-29-61(6,48)49)37-15-13-35(32-40(37)60-42)45(18-9-30-62(50,51)52)20-22-57-25-26-59-28-27-58-24-23-56-5/h7,11-16,31-33,47H,8-10,17-30H2,1-6H3,(H-,50,51,52,53,54,55)/p-1. The highest BCUT2D eigenvalue weighted by Gasteiger charge is 2.43. The highest BCUT2D eigenvalue weighted by molar-refractivity contribution is 7.90. The number of hydrogen-bond donors (Lipinski definition) is 1. The van der Waals surface area contributed by atoms with Gasteiger partial charge < -0.3 is 42.5 Å². The van der Waals surface area contributed by atoms with Crippen LogP contribution < -0.4 is 14.8 Å². The molecule has 0 saturated carbocycles. The molecule has 3 aliphatic rings. The summed E-state index contributed by atoms with van der Waals surface area (Å²) in [5.41, 5.74) is 2.32. The maximum atomic E-state index is 12.1. The zero-order chi connectivity index (χ0) is 46.5. The topological polar surface area (TPSA) is 225 Å². The number of methoxy groups -OCH3 is 1. The molecule has 63 heavy (non-hydrogen) atoms. The minimum atomic E-state index is -4.79. The fourth-order valence-corrected chi connectivity index (χ4v) is 9.05. The number of anilines is 1. The second kappa shape index (κ2) is 23.1. The Hall–Kier alpha value is -3.50. The lowest BCUT2D eigenvalue weighted by molar-refractivity contribution is 0.00371. The van der Waals surface area contributed by atoms with Gasteiger partial charge in [-0.2, -0.15) is 0 Å². The fourth-order valence-electron chi connectivity index (χ4n) is 7.42. The van der Waals surface area contributed by atoms with Gasteiger partial charge in [0, 0.05) is 72.5 Å². The van der Waals surface area contributed by atoms with E-state index in [1.807, 2.05) is 79.7 Å². The van der Waals surface area contributed by atoms with E-state index in [-0.39, 0.29) is 36.6 Å². The van der Waals surface area contributed by atoms with E-state index in [4.69, 9.17) is 23.4 Å². The highest BCUT2D eigenvalue weighted by Crippen LogP contribution is 2.51. The van der Waals surface area contributed by atoms with Crippen LogP contribution >= 0.6 is 0 Å². The normalized spacial score (nSPS) is 17.3. The second-order valence-electron chi connectivity index (χ2n) is 16.8. The van der Waals surface area contributed by atoms with Crippen LogP contribution in [0.5, 0.6) is 0 Å². The van der Waals surface area contributed by atoms with Crippen molar-refractivity contribution in [1.82, 2.24) is 4.58 Å². The maximum absolute atomic E-state index is 12.1. The molecule has 1 unspecified atom stereocenters. The average molecular weight is 940 g/mol. The van der Waals surface area contributed by atoms with Gasteiger partial charge in [-0.1, -0.05) is 32.9 Å². The van der Waals surface area contributed by atoms with Gasteiger partial charge in [0.15, 0.2) is 6.54 Å². The van der Waals surface area contributed by atoms with E-state index < -0.39 is 46.7 Å². The molecule has 0 spiro atoms. The Labute approximate surface area is 373 Å². The SMILES string of the molecule is COCCOCCOCCOCC[N+](CCCS(=O)(=O)[O-])=c1ccc2c(/C=C/C=C3\N(CCCS(C)(=O)=O)c4ccc(S(=O)(=O)[O-])cc4C3(C)CCCO)cc(C(C)(C)C)oc-2c1. The molecule has 1 aromatic rings. The zero-order valence-electron chi connectivity index (χ0n) is 37.2. The van der Waals surface area contributed by atoms with E-state index in [9.17, 15) is 39.5 Å². The van der Waals surface area contributed by atoms with Crippen molar-refractivity contribution >= 4 is 41.8 Å². The molecule has 0 bridgehead atoms. The summed E-state index contributed by atoms with van der Waals surface area (Å²) in [7, 11) is -10.9. The van der Waals surface area contributed by atoms with E-state index >= 15 is 0 Å². The van der Waals surface area contributed by atoms with Crippen LogP contribution in [0.4, 0.5) is 5.69 Å². The molecular weight excluding hydrogens is 877 g/mol. The first-order valence-corrected chi connectivity index (χ1v) is 26.0. The number of aliphatic hydroxyl groups is 1. The van der Waals surface area contributed by atoms with Crippen LogP contribution in [0.15, 0.2) is 69.6 Å². The number of hydrogen-bond acceptors (Lipinski definition) is 15. The summed E-state index contributed by atoms with van der Waals surface area (Å²) in [6.45, 7) is 11.7. The third-order valence-corrected chi connectivity index (χ3v) is 13.3. The number of sulfone groups is 1. The summed E-state index contributed by atoms with van der Waals surface area (Å²) in [6, 6.07) is 11.9. The van der Waals surface area contributed by atoms with Gasteiger partial charge >= 0.3 is 0 Å². The Kier molecular flexibility index (Phi) is 19.1. The predicted octanol–water partition coefficient (Wildman–Crippen LogP) is 3.87.